The molecule has 0 spiro atoms. The van der Waals surface area contributed by atoms with Crippen LogP contribution >= 0.6 is 0 Å². The molecule has 0 aliphatic rings. The fraction of sp³-hybridized carbons (Fsp3) is 0.800. The van der Waals surface area contributed by atoms with Crippen LogP contribution in [-0.2, 0) is 14.4 Å². The van der Waals surface area contributed by atoms with Gasteiger partial charge in [-0.2, -0.15) is 0 Å². The van der Waals surface area contributed by atoms with Crippen LogP contribution in [0.25, 0.3) is 0 Å². The summed E-state index contributed by atoms with van der Waals surface area (Å²) < 4.78 is 4.36. The smallest absolute Gasteiger partial charge is 0.336 e. The predicted molar refractivity (Wildman–Crippen MR) is 31.6 cm³/mol. The SMILES string of the molecule is CNOC(C)C(=O)OC. The van der Waals surface area contributed by atoms with Gasteiger partial charge in [0.05, 0.1) is 7.11 Å². The van der Waals surface area contributed by atoms with Gasteiger partial charge in [0.2, 0.25) is 0 Å². The number of hydrogen-bond acceptors (Lipinski definition) is 4. The lowest BCUT2D eigenvalue weighted by Gasteiger charge is -2.07. The number of esters is 1. The summed E-state index contributed by atoms with van der Waals surface area (Å²) >= 11 is 0. The minimum absolute atomic E-state index is 0.385. The average molecular weight is 133 g/mol. The van der Waals surface area contributed by atoms with Gasteiger partial charge in [0.25, 0.3) is 0 Å². The molecule has 0 radical (unpaired) electrons. The van der Waals surface area contributed by atoms with Gasteiger partial charge in [-0.3, -0.25) is 4.84 Å². The summed E-state index contributed by atoms with van der Waals surface area (Å²) in [5, 5.41) is 0. The quantitative estimate of drug-likeness (QED) is 0.424. The molecule has 4 heteroatoms. The van der Waals surface area contributed by atoms with Crippen molar-refractivity contribution in [2.75, 3.05) is 14.2 Å². The summed E-state index contributed by atoms with van der Waals surface area (Å²) in [4.78, 5) is 15.2. The first-order chi connectivity index (χ1) is 4.22. The Morgan fingerprint density at radius 2 is 2.22 bits per heavy atom. The Balaban J connectivity index is 3.45. The molecule has 0 saturated heterocycles. The van der Waals surface area contributed by atoms with Crippen LogP contribution in [0.5, 0.6) is 0 Å². The van der Waals surface area contributed by atoms with Gasteiger partial charge in [0, 0.05) is 7.05 Å². The molecule has 0 aliphatic heterocycles. The molecule has 0 rings (SSSR count). The van der Waals surface area contributed by atoms with Gasteiger partial charge >= 0.3 is 5.97 Å². The number of methoxy groups -OCH3 is 1. The standard InChI is InChI=1S/C5H11NO3/c1-4(9-6-2)5(7)8-3/h4,6H,1-3H3. The molecule has 0 fully saturated rings. The molecular weight excluding hydrogens is 122 g/mol. The lowest BCUT2D eigenvalue weighted by atomic mass is 10.4. The molecule has 0 aromatic carbocycles. The molecule has 4 nitrogen and oxygen atoms in total. The molecule has 0 bridgehead atoms. The predicted octanol–water partition coefficient (Wildman–Crippen LogP) is -0.301. The van der Waals surface area contributed by atoms with Crippen LogP contribution < -0.4 is 5.48 Å². The Morgan fingerprint density at radius 1 is 1.67 bits per heavy atom. The average Bonchev–Trinajstić information content (AvgIpc) is 1.87. The van der Waals surface area contributed by atoms with Crippen molar-refractivity contribution in [3.63, 3.8) is 0 Å². The van der Waals surface area contributed by atoms with Crippen LogP contribution in [0.2, 0.25) is 0 Å². The van der Waals surface area contributed by atoms with Crippen LogP contribution in [0.3, 0.4) is 0 Å². The monoisotopic (exact) mass is 133 g/mol. The van der Waals surface area contributed by atoms with E-state index < -0.39 is 6.10 Å². The van der Waals surface area contributed by atoms with Crippen LogP contribution in [0.4, 0.5) is 0 Å². The molecule has 9 heavy (non-hydrogen) atoms. The number of hydrogen-bond donors (Lipinski definition) is 1. The van der Waals surface area contributed by atoms with Gasteiger partial charge in [0.15, 0.2) is 6.10 Å². The Hall–Kier alpha value is -0.610. The van der Waals surface area contributed by atoms with Crippen molar-refractivity contribution in [3.05, 3.63) is 0 Å². The van der Waals surface area contributed by atoms with E-state index in [9.17, 15) is 4.79 Å². The summed E-state index contributed by atoms with van der Waals surface area (Å²) in [7, 11) is 2.90. The molecule has 0 aliphatic carbocycles. The van der Waals surface area contributed by atoms with Crippen LogP contribution in [0.15, 0.2) is 0 Å². The van der Waals surface area contributed by atoms with Crippen molar-refractivity contribution < 1.29 is 14.4 Å². The van der Waals surface area contributed by atoms with E-state index >= 15 is 0 Å². The van der Waals surface area contributed by atoms with E-state index in [-0.39, 0.29) is 5.97 Å². The minimum Gasteiger partial charge on any atom is -0.467 e. The fourth-order valence-electron chi connectivity index (χ4n) is 0.391. The second-order valence-corrected chi connectivity index (χ2v) is 1.49. The highest BCUT2D eigenvalue weighted by Gasteiger charge is 2.11. The van der Waals surface area contributed by atoms with Gasteiger partial charge in [-0.1, -0.05) is 0 Å². The minimum atomic E-state index is -0.542. The van der Waals surface area contributed by atoms with Crippen LogP contribution in [0, 0.1) is 0 Å². The topological polar surface area (TPSA) is 47.6 Å². The summed E-state index contributed by atoms with van der Waals surface area (Å²) in [5.74, 6) is -0.385. The number of rotatable bonds is 3. The summed E-state index contributed by atoms with van der Waals surface area (Å²) in [5.41, 5.74) is 2.38. The third-order valence-corrected chi connectivity index (χ3v) is 0.828. The van der Waals surface area contributed by atoms with E-state index in [2.05, 4.69) is 15.1 Å². The van der Waals surface area contributed by atoms with Gasteiger partial charge < -0.3 is 4.74 Å². The highest BCUT2D eigenvalue weighted by atomic mass is 16.7. The Bertz CT molecular complexity index is 94.2. The first-order valence-corrected chi connectivity index (χ1v) is 2.62. The molecule has 0 aromatic rings. The summed E-state index contributed by atoms with van der Waals surface area (Å²) in [6.07, 6.45) is -0.542. The molecule has 54 valence electrons. The first-order valence-electron chi connectivity index (χ1n) is 2.62. The van der Waals surface area contributed by atoms with E-state index in [0.717, 1.165) is 0 Å². The van der Waals surface area contributed by atoms with Crippen molar-refractivity contribution in [2.24, 2.45) is 0 Å². The second-order valence-electron chi connectivity index (χ2n) is 1.49. The van der Waals surface area contributed by atoms with Crippen molar-refractivity contribution in [3.8, 4) is 0 Å². The zero-order valence-corrected chi connectivity index (χ0v) is 5.80. The van der Waals surface area contributed by atoms with Crippen LogP contribution in [-0.4, -0.2) is 26.2 Å². The molecule has 0 amide bonds. The first kappa shape index (κ1) is 8.39. The zero-order valence-electron chi connectivity index (χ0n) is 5.80. The van der Waals surface area contributed by atoms with E-state index in [0.29, 0.717) is 0 Å². The van der Waals surface area contributed by atoms with Crippen LogP contribution in [0.1, 0.15) is 6.92 Å². The molecule has 1 unspecified atom stereocenters. The number of hydroxylamine groups is 1. The zero-order chi connectivity index (χ0) is 7.28. The normalized spacial score (nSPS) is 12.8. The Morgan fingerprint density at radius 3 is 2.56 bits per heavy atom. The molecule has 0 aromatic heterocycles. The fourth-order valence-corrected chi connectivity index (χ4v) is 0.391. The summed E-state index contributed by atoms with van der Waals surface area (Å²) in [6, 6.07) is 0. The maximum Gasteiger partial charge on any atom is 0.336 e. The maximum atomic E-state index is 10.5. The van der Waals surface area contributed by atoms with Crippen molar-refractivity contribution in [1.29, 1.82) is 0 Å². The number of carbonyl (C=O) groups is 1. The Labute approximate surface area is 54.1 Å². The van der Waals surface area contributed by atoms with Crippen molar-refractivity contribution >= 4 is 5.97 Å². The van der Waals surface area contributed by atoms with Gasteiger partial charge in [-0.15, -0.1) is 0 Å². The second kappa shape index (κ2) is 4.29. The molecule has 0 saturated carbocycles. The maximum absolute atomic E-state index is 10.5. The summed E-state index contributed by atoms with van der Waals surface area (Å²) in [6.45, 7) is 1.60. The molecule has 1 atom stereocenters. The number of nitrogens with one attached hydrogen (secondary N) is 1. The van der Waals surface area contributed by atoms with E-state index in [1.54, 1.807) is 14.0 Å². The lowest BCUT2D eigenvalue weighted by molar-refractivity contribution is -0.157. The molecule has 0 heterocycles. The molecular formula is C5H11NO3. The van der Waals surface area contributed by atoms with Crippen molar-refractivity contribution in [1.82, 2.24) is 5.48 Å². The number of ether oxygens (including phenoxy) is 1. The van der Waals surface area contributed by atoms with E-state index in [4.69, 9.17) is 0 Å². The molecule has 1 N–H and O–H groups in total. The highest BCUT2D eigenvalue weighted by molar-refractivity contribution is 5.73. The third kappa shape index (κ3) is 3.05. The highest BCUT2D eigenvalue weighted by Crippen LogP contribution is 1.88. The van der Waals surface area contributed by atoms with Crippen molar-refractivity contribution in [2.45, 2.75) is 13.0 Å². The Kier molecular flexibility index (Phi) is 4.00. The third-order valence-electron chi connectivity index (χ3n) is 0.828. The van der Waals surface area contributed by atoms with Gasteiger partial charge in [-0.05, 0) is 6.92 Å². The largest absolute Gasteiger partial charge is 0.467 e. The number of carbonyl (C=O) groups excluding carboxylic acids is 1. The van der Waals surface area contributed by atoms with E-state index in [1.807, 2.05) is 0 Å². The van der Waals surface area contributed by atoms with E-state index in [1.165, 1.54) is 7.11 Å². The van der Waals surface area contributed by atoms with Gasteiger partial charge in [0.1, 0.15) is 0 Å². The lowest BCUT2D eigenvalue weighted by Crippen LogP contribution is -2.27. The van der Waals surface area contributed by atoms with Gasteiger partial charge in [-0.25, -0.2) is 10.3 Å².